The molecule has 0 amide bonds. The van der Waals surface area contributed by atoms with Crippen LogP contribution in [0.15, 0.2) is 78.9 Å². The average Bonchev–Trinajstić information content (AvgIpc) is 3.23. The smallest absolute Gasteiger partial charge is 0.231 e. The third-order valence-corrected chi connectivity index (χ3v) is 4.98. The van der Waals surface area contributed by atoms with Crippen LogP contribution in [0.2, 0.25) is 0 Å². The summed E-state index contributed by atoms with van der Waals surface area (Å²) in [5, 5.41) is 10.6. The first kappa shape index (κ1) is 20.4. The third kappa shape index (κ3) is 5.83. The van der Waals surface area contributed by atoms with E-state index in [1.54, 1.807) is 0 Å². The van der Waals surface area contributed by atoms with Crippen LogP contribution in [0.4, 0.5) is 0 Å². The molecule has 1 heterocycles. The van der Waals surface area contributed by atoms with E-state index >= 15 is 0 Å². The van der Waals surface area contributed by atoms with Gasteiger partial charge in [0.05, 0.1) is 19.3 Å². The summed E-state index contributed by atoms with van der Waals surface area (Å²) in [5.41, 5.74) is 3.45. The van der Waals surface area contributed by atoms with E-state index in [2.05, 4.69) is 29.2 Å². The number of aliphatic hydroxyl groups is 1. The molecule has 5 heteroatoms. The van der Waals surface area contributed by atoms with Crippen molar-refractivity contribution in [2.75, 3.05) is 19.9 Å². The van der Waals surface area contributed by atoms with E-state index in [0.717, 1.165) is 30.2 Å². The molecule has 0 aliphatic carbocycles. The fourth-order valence-corrected chi connectivity index (χ4v) is 3.56. The Balaban J connectivity index is 1.30. The molecule has 5 nitrogen and oxygen atoms in total. The van der Waals surface area contributed by atoms with Crippen LogP contribution in [0, 0.1) is 0 Å². The molecule has 0 radical (unpaired) electrons. The first-order valence-corrected chi connectivity index (χ1v) is 10.2. The van der Waals surface area contributed by atoms with E-state index in [1.165, 1.54) is 11.1 Å². The lowest BCUT2D eigenvalue weighted by atomic mass is 10.1. The van der Waals surface area contributed by atoms with Gasteiger partial charge < -0.3 is 19.3 Å². The topological polar surface area (TPSA) is 51.2 Å². The van der Waals surface area contributed by atoms with E-state index < -0.39 is 6.10 Å². The highest BCUT2D eigenvalue weighted by Crippen LogP contribution is 2.32. The maximum absolute atomic E-state index is 10.6. The van der Waals surface area contributed by atoms with E-state index in [4.69, 9.17) is 14.2 Å². The minimum absolute atomic E-state index is 0.261. The highest BCUT2D eigenvalue weighted by Gasteiger charge is 2.15. The Morgan fingerprint density at radius 1 is 0.800 bits per heavy atom. The van der Waals surface area contributed by atoms with Crippen molar-refractivity contribution in [1.82, 2.24) is 4.90 Å². The molecule has 1 N–H and O–H groups in total. The van der Waals surface area contributed by atoms with Crippen LogP contribution in [-0.2, 0) is 24.4 Å². The van der Waals surface area contributed by atoms with Crippen molar-refractivity contribution in [1.29, 1.82) is 0 Å². The van der Waals surface area contributed by atoms with Gasteiger partial charge in [-0.3, -0.25) is 4.90 Å². The SMILES string of the molecule is OC(COCc1ccc2c(c1)OCO2)CN(Cc1ccccc1)Cc1ccccc1. The summed E-state index contributed by atoms with van der Waals surface area (Å²) in [5.74, 6) is 1.50. The number of aliphatic hydroxyl groups excluding tert-OH is 1. The van der Waals surface area contributed by atoms with Crippen molar-refractivity contribution >= 4 is 0 Å². The van der Waals surface area contributed by atoms with Gasteiger partial charge in [-0.1, -0.05) is 66.7 Å². The Kier molecular flexibility index (Phi) is 6.98. The van der Waals surface area contributed by atoms with Gasteiger partial charge in [0.2, 0.25) is 6.79 Å². The second-order valence-electron chi connectivity index (χ2n) is 7.50. The molecule has 1 aliphatic rings. The van der Waals surface area contributed by atoms with Crippen molar-refractivity contribution in [3.05, 3.63) is 95.6 Å². The van der Waals surface area contributed by atoms with Crippen LogP contribution in [0.25, 0.3) is 0 Å². The summed E-state index contributed by atoms with van der Waals surface area (Å²) in [6.45, 7) is 3.03. The van der Waals surface area contributed by atoms with Gasteiger partial charge in [-0.05, 0) is 28.8 Å². The normalized spacial score (nSPS) is 13.5. The average molecular weight is 405 g/mol. The number of nitrogens with zero attached hydrogens (tertiary/aromatic N) is 1. The molecule has 0 bridgehead atoms. The van der Waals surface area contributed by atoms with Crippen molar-refractivity contribution in [3.8, 4) is 11.5 Å². The fourth-order valence-electron chi connectivity index (χ4n) is 3.56. The van der Waals surface area contributed by atoms with Crippen LogP contribution in [-0.4, -0.2) is 36.1 Å². The van der Waals surface area contributed by atoms with Crippen molar-refractivity contribution in [2.24, 2.45) is 0 Å². The first-order chi connectivity index (χ1) is 14.8. The van der Waals surface area contributed by atoms with Crippen molar-refractivity contribution < 1.29 is 19.3 Å². The predicted octanol–water partition coefficient (Wildman–Crippen LogP) is 4.00. The Morgan fingerprint density at radius 3 is 2.10 bits per heavy atom. The second kappa shape index (κ2) is 10.3. The van der Waals surface area contributed by atoms with Crippen LogP contribution >= 0.6 is 0 Å². The summed E-state index contributed by atoms with van der Waals surface area (Å²) < 4.78 is 16.5. The quantitative estimate of drug-likeness (QED) is 0.553. The van der Waals surface area contributed by atoms with Gasteiger partial charge in [0.25, 0.3) is 0 Å². The zero-order chi connectivity index (χ0) is 20.6. The lowest BCUT2D eigenvalue weighted by molar-refractivity contribution is 0.00710. The van der Waals surface area contributed by atoms with E-state index in [1.807, 2.05) is 54.6 Å². The zero-order valence-electron chi connectivity index (χ0n) is 16.9. The molecule has 0 spiro atoms. The van der Waals surface area contributed by atoms with Crippen LogP contribution in [0.3, 0.4) is 0 Å². The molecule has 30 heavy (non-hydrogen) atoms. The van der Waals surface area contributed by atoms with E-state index in [0.29, 0.717) is 13.2 Å². The highest BCUT2D eigenvalue weighted by atomic mass is 16.7. The molecule has 0 saturated carbocycles. The maximum atomic E-state index is 10.6. The highest BCUT2D eigenvalue weighted by molar-refractivity contribution is 5.44. The van der Waals surface area contributed by atoms with Crippen LogP contribution in [0.5, 0.6) is 11.5 Å². The minimum atomic E-state index is -0.577. The Bertz CT molecular complexity index is 875. The fraction of sp³-hybridized carbons (Fsp3) is 0.280. The summed E-state index contributed by atoms with van der Waals surface area (Å²) >= 11 is 0. The standard InChI is InChI=1S/C25H27NO4/c27-23(18-28-17-22-11-12-24-25(13-22)30-19-29-24)16-26(14-20-7-3-1-4-8-20)15-21-9-5-2-6-10-21/h1-13,23,27H,14-19H2. The van der Waals surface area contributed by atoms with Gasteiger partial charge in [-0.2, -0.15) is 0 Å². The minimum Gasteiger partial charge on any atom is -0.454 e. The summed E-state index contributed by atoms with van der Waals surface area (Å²) in [6, 6.07) is 26.4. The molecule has 156 valence electrons. The number of ether oxygens (including phenoxy) is 3. The Labute approximate surface area is 177 Å². The molecule has 4 rings (SSSR count). The molecule has 0 fully saturated rings. The second-order valence-corrected chi connectivity index (χ2v) is 7.50. The van der Waals surface area contributed by atoms with Crippen molar-refractivity contribution in [3.63, 3.8) is 0 Å². The lowest BCUT2D eigenvalue weighted by Crippen LogP contribution is -2.34. The number of fused-ring (bicyclic) bond motifs is 1. The Morgan fingerprint density at radius 2 is 1.43 bits per heavy atom. The monoisotopic (exact) mass is 405 g/mol. The summed E-state index contributed by atoms with van der Waals surface area (Å²) in [4.78, 5) is 2.25. The molecule has 1 aliphatic heterocycles. The Hall–Kier alpha value is -2.86. The van der Waals surface area contributed by atoms with Gasteiger partial charge >= 0.3 is 0 Å². The molecule has 3 aromatic rings. The molecular formula is C25H27NO4. The molecule has 0 saturated heterocycles. The lowest BCUT2D eigenvalue weighted by Gasteiger charge is -2.25. The number of hydrogen-bond acceptors (Lipinski definition) is 5. The molecule has 1 unspecified atom stereocenters. The largest absolute Gasteiger partial charge is 0.454 e. The summed E-state index contributed by atoms with van der Waals surface area (Å²) in [6.07, 6.45) is -0.577. The number of hydrogen-bond donors (Lipinski definition) is 1. The summed E-state index contributed by atoms with van der Waals surface area (Å²) in [7, 11) is 0. The number of benzene rings is 3. The number of rotatable bonds is 10. The van der Waals surface area contributed by atoms with Gasteiger partial charge in [-0.25, -0.2) is 0 Å². The predicted molar refractivity (Wildman–Crippen MR) is 115 cm³/mol. The van der Waals surface area contributed by atoms with Crippen LogP contribution < -0.4 is 9.47 Å². The molecule has 1 atom stereocenters. The van der Waals surface area contributed by atoms with E-state index in [-0.39, 0.29) is 13.4 Å². The van der Waals surface area contributed by atoms with Gasteiger partial charge in [0, 0.05) is 19.6 Å². The third-order valence-electron chi connectivity index (χ3n) is 4.98. The van der Waals surface area contributed by atoms with Gasteiger partial charge in [0.15, 0.2) is 11.5 Å². The maximum Gasteiger partial charge on any atom is 0.231 e. The zero-order valence-corrected chi connectivity index (χ0v) is 16.9. The molecule has 3 aromatic carbocycles. The van der Waals surface area contributed by atoms with Gasteiger partial charge in [-0.15, -0.1) is 0 Å². The van der Waals surface area contributed by atoms with E-state index in [9.17, 15) is 5.11 Å². The van der Waals surface area contributed by atoms with Gasteiger partial charge in [0.1, 0.15) is 0 Å². The molecule has 0 aromatic heterocycles. The van der Waals surface area contributed by atoms with Crippen LogP contribution in [0.1, 0.15) is 16.7 Å². The first-order valence-electron chi connectivity index (χ1n) is 10.2. The van der Waals surface area contributed by atoms with Crippen molar-refractivity contribution in [2.45, 2.75) is 25.8 Å². The molecular weight excluding hydrogens is 378 g/mol.